The summed E-state index contributed by atoms with van der Waals surface area (Å²) in [6.07, 6.45) is 0.496. The fourth-order valence-electron chi connectivity index (χ4n) is 1.75. The molecule has 0 saturated carbocycles. The Labute approximate surface area is 139 Å². The van der Waals surface area contributed by atoms with E-state index in [2.05, 4.69) is 52.5 Å². The fraction of sp³-hybridized carbons (Fsp3) is 0.667. The van der Waals surface area contributed by atoms with E-state index < -0.39 is 5.60 Å². The second-order valence-corrected chi connectivity index (χ2v) is 8.52. The van der Waals surface area contributed by atoms with Crippen molar-refractivity contribution < 1.29 is 9.53 Å². The molecular weight excluding hydrogens is 352 g/mol. The number of carbonyl (C=O) groups is 1. The van der Waals surface area contributed by atoms with Crippen LogP contribution >= 0.6 is 27.3 Å². The van der Waals surface area contributed by atoms with Crippen molar-refractivity contribution in [3.8, 4) is 0 Å². The van der Waals surface area contributed by atoms with Crippen molar-refractivity contribution in [2.75, 3.05) is 6.54 Å². The second-order valence-electron chi connectivity index (χ2n) is 6.02. The number of nitrogens with one attached hydrogen (secondary N) is 2. The molecule has 0 bridgehead atoms. The first kappa shape index (κ1) is 18.5. The summed E-state index contributed by atoms with van der Waals surface area (Å²) in [4.78, 5) is 13.1. The molecule has 0 fully saturated rings. The number of alkyl carbamates (subject to hydrolysis) is 1. The highest BCUT2D eigenvalue weighted by Gasteiger charge is 2.19. The molecule has 1 rings (SSSR count). The van der Waals surface area contributed by atoms with Gasteiger partial charge in [0, 0.05) is 23.5 Å². The summed E-state index contributed by atoms with van der Waals surface area (Å²) in [5, 5.41) is 6.36. The van der Waals surface area contributed by atoms with Gasteiger partial charge < -0.3 is 15.4 Å². The zero-order valence-corrected chi connectivity index (χ0v) is 15.7. The maximum atomic E-state index is 11.8. The number of hydrogen-bond acceptors (Lipinski definition) is 4. The number of amides is 1. The lowest BCUT2D eigenvalue weighted by molar-refractivity contribution is 0.0502. The Hall–Kier alpha value is -0.590. The monoisotopic (exact) mass is 376 g/mol. The van der Waals surface area contributed by atoms with Gasteiger partial charge >= 0.3 is 6.09 Å². The molecule has 0 saturated heterocycles. The molecule has 2 unspecified atom stereocenters. The molecule has 2 N–H and O–H groups in total. The van der Waals surface area contributed by atoms with Crippen molar-refractivity contribution in [1.29, 1.82) is 0 Å². The molecule has 0 aliphatic rings. The summed E-state index contributed by atoms with van der Waals surface area (Å²) >= 11 is 5.19. The average molecular weight is 377 g/mol. The van der Waals surface area contributed by atoms with E-state index in [9.17, 15) is 4.79 Å². The highest BCUT2D eigenvalue weighted by molar-refractivity contribution is 9.11. The highest BCUT2D eigenvalue weighted by Crippen LogP contribution is 2.26. The van der Waals surface area contributed by atoms with E-state index in [1.165, 1.54) is 4.88 Å². The van der Waals surface area contributed by atoms with Crippen LogP contribution in [0.4, 0.5) is 4.79 Å². The van der Waals surface area contributed by atoms with E-state index in [1.807, 2.05) is 20.8 Å². The van der Waals surface area contributed by atoms with E-state index in [0.717, 1.165) is 10.2 Å². The maximum Gasteiger partial charge on any atom is 0.407 e. The first-order valence-corrected chi connectivity index (χ1v) is 8.80. The molecule has 4 nitrogen and oxygen atoms in total. The zero-order valence-electron chi connectivity index (χ0n) is 13.3. The van der Waals surface area contributed by atoms with Gasteiger partial charge in [-0.3, -0.25) is 0 Å². The van der Waals surface area contributed by atoms with Crippen molar-refractivity contribution in [3.05, 3.63) is 20.8 Å². The van der Waals surface area contributed by atoms with E-state index >= 15 is 0 Å². The summed E-state index contributed by atoms with van der Waals surface area (Å²) in [6.45, 7) is 10.5. The molecule has 2 atom stereocenters. The summed E-state index contributed by atoms with van der Waals surface area (Å²) in [7, 11) is 0. The minimum absolute atomic E-state index is 0.0608. The van der Waals surface area contributed by atoms with Crippen LogP contribution in [0, 0.1) is 0 Å². The Morgan fingerprint density at radius 2 is 2.10 bits per heavy atom. The quantitative estimate of drug-likeness (QED) is 0.769. The number of ether oxygens (including phenoxy) is 1. The second kappa shape index (κ2) is 8.15. The molecule has 120 valence electrons. The predicted molar refractivity (Wildman–Crippen MR) is 91.9 cm³/mol. The molecule has 0 aromatic carbocycles. The van der Waals surface area contributed by atoms with Crippen molar-refractivity contribution >= 4 is 33.4 Å². The molecule has 21 heavy (non-hydrogen) atoms. The third kappa shape index (κ3) is 7.29. The number of rotatable bonds is 6. The van der Waals surface area contributed by atoms with Crippen LogP contribution in [0.15, 0.2) is 15.9 Å². The van der Waals surface area contributed by atoms with Crippen molar-refractivity contribution in [3.63, 3.8) is 0 Å². The van der Waals surface area contributed by atoms with Crippen molar-refractivity contribution in [2.24, 2.45) is 0 Å². The Morgan fingerprint density at radius 1 is 1.43 bits per heavy atom. The normalized spacial score (nSPS) is 14.6. The smallest absolute Gasteiger partial charge is 0.407 e. The van der Waals surface area contributed by atoms with Crippen LogP contribution in [-0.2, 0) is 4.74 Å². The van der Waals surface area contributed by atoms with Crippen LogP contribution in [0.1, 0.15) is 52.0 Å². The van der Waals surface area contributed by atoms with Crippen LogP contribution in [-0.4, -0.2) is 24.3 Å². The summed E-state index contributed by atoms with van der Waals surface area (Å²) in [6, 6.07) is 4.48. The Kier molecular flexibility index (Phi) is 7.16. The number of halogens is 1. The molecule has 0 aliphatic heterocycles. The third-order valence-corrected chi connectivity index (χ3v) is 4.71. The van der Waals surface area contributed by atoms with E-state index in [-0.39, 0.29) is 18.2 Å². The van der Waals surface area contributed by atoms with Gasteiger partial charge in [-0.2, -0.15) is 0 Å². The van der Waals surface area contributed by atoms with E-state index in [0.29, 0.717) is 6.54 Å². The van der Waals surface area contributed by atoms with Crippen LogP contribution in [0.2, 0.25) is 0 Å². The standard InChI is InChI=1S/C15H25BrN2O2S/c1-6-11(18-14(19)20-15(3,4)5)9-17-10(2)12-7-8-13(16)21-12/h7-8,10-11,17H,6,9H2,1-5H3,(H,18,19). The summed E-state index contributed by atoms with van der Waals surface area (Å²) in [5.41, 5.74) is -0.466. The molecule has 6 heteroatoms. The highest BCUT2D eigenvalue weighted by atomic mass is 79.9. The van der Waals surface area contributed by atoms with Crippen LogP contribution in [0.25, 0.3) is 0 Å². The van der Waals surface area contributed by atoms with Gasteiger partial charge in [0.2, 0.25) is 0 Å². The molecular formula is C15H25BrN2O2S. The lowest BCUT2D eigenvalue weighted by atomic mass is 10.2. The lowest BCUT2D eigenvalue weighted by Gasteiger charge is -2.24. The van der Waals surface area contributed by atoms with Gasteiger partial charge in [-0.05, 0) is 62.2 Å². The first-order valence-electron chi connectivity index (χ1n) is 7.19. The van der Waals surface area contributed by atoms with Gasteiger partial charge in [0.25, 0.3) is 0 Å². The Balaban J connectivity index is 2.42. The Bertz CT molecular complexity index is 457. The minimum atomic E-state index is -0.466. The predicted octanol–water partition coefficient (Wildman–Crippen LogP) is 4.46. The van der Waals surface area contributed by atoms with Gasteiger partial charge in [-0.25, -0.2) is 4.79 Å². The first-order chi connectivity index (χ1) is 9.71. The van der Waals surface area contributed by atoms with Crippen molar-refractivity contribution in [1.82, 2.24) is 10.6 Å². The van der Waals surface area contributed by atoms with E-state index in [4.69, 9.17) is 4.74 Å². The molecule has 1 aromatic heterocycles. The average Bonchev–Trinajstić information content (AvgIpc) is 2.78. The summed E-state index contributed by atoms with van der Waals surface area (Å²) < 4.78 is 6.41. The van der Waals surface area contributed by atoms with Gasteiger partial charge in [0.15, 0.2) is 0 Å². The molecule has 1 amide bonds. The number of thiophene rings is 1. The fourth-order valence-corrected chi connectivity index (χ4v) is 3.20. The topological polar surface area (TPSA) is 50.4 Å². The number of hydrogen-bond donors (Lipinski definition) is 2. The number of carbonyl (C=O) groups excluding carboxylic acids is 1. The van der Waals surface area contributed by atoms with Crippen LogP contribution in [0.5, 0.6) is 0 Å². The molecule has 0 aliphatic carbocycles. The lowest BCUT2D eigenvalue weighted by Crippen LogP contribution is -2.44. The summed E-state index contributed by atoms with van der Waals surface area (Å²) in [5.74, 6) is 0. The van der Waals surface area contributed by atoms with Gasteiger partial charge in [-0.1, -0.05) is 6.92 Å². The van der Waals surface area contributed by atoms with Gasteiger partial charge in [0.05, 0.1) is 3.79 Å². The SMILES string of the molecule is CCC(CNC(C)c1ccc(Br)s1)NC(=O)OC(C)(C)C. The molecule has 1 heterocycles. The minimum Gasteiger partial charge on any atom is -0.444 e. The van der Waals surface area contributed by atoms with Crippen LogP contribution < -0.4 is 10.6 Å². The zero-order chi connectivity index (χ0) is 16.0. The van der Waals surface area contributed by atoms with Gasteiger partial charge in [-0.15, -0.1) is 11.3 Å². The largest absolute Gasteiger partial charge is 0.444 e. The molecule has 1 aromatic rings. The maximum absolute atomic E-state index is 11.8. The third-order valence-electron chi connectivity index (χ3n) is 2.90. The van der Waals surface area contributed by atoms with Crippen molar-refractivity contribution in [2.45, 2.75) is 58.7 Å². The van der Waals surface area contributed by atoms with E-state index in [1.54, 1.807) is 11.3 Å². The molecule has 0 spiro atoms. The Morgan fingerprint density at radius 3 is 2.57 bits per heavy atom. The molecule has 0 radical (unpaired) electrons. The van der Waals surface area contributed by atoms with Gasteiger partial charge in [0.1, 0.15) is 5.60 Å². The van der Waals surface area contributed by atoms with Crippen LogP contribution in [0.3, 0.4) is 0 Å².